The summed E-state index contributed by atoms with van der Waals surface area (Å²) in [5.41, 5.74) is 0.299. The predicted molar refractivity (Wildman–Crippen MR) is 90.6 cm³/mol. The second kappa shape index (κ2) is 8.19. The monoisotopic (exact) mass is 362 g/mol. The summed E-state index contributed by atoms with van der Waals surface area (Å²) >= 11 is 0. The smallest absolute Gasteiger partial charge is 0.338 e. The molecule has 0 saturated heterocycles. The van der Waals surface area contributed by atoms with E-state index in [1.807, 2.05) is 0 Å². The molecule has 2 aromatic carbocycles. The summed E-state index contributed by atoms with van der Waals surface area (Å²) < 4.78 is 31.5. The standard InChI is InChI=1S/C18H16F2N2O4/c1-10(17(24)22-16-7-6-13(19)9-15(16)20)26-18(25)12-4-3-5-14(8-12)21-11(2)23/h3-10H,1-2H3,(H,21,23)(H,22,24)/t10-/m1/s1. The van der Waals surface area contributed by atoms with Gasteiger partial charge in [0, 0.05) is 18.7 Å². The number of carbonyl (C=O) groups excluding carboxylic acids is 3. The highest BCUT2D eigenvalue weighted by Gasteiger charge is 2.20. The van der Waals surface area contributed by atoms with Crippen LogP contribution in [0, 0.1) is 11.6 Å². The van der Waals surface area contributed by atoms with Crippen molar-refractivity contribution >= 4 is 29.2 Å². The van der Waals surface area contributed by atoms with Gasteiger partial charge in [0.2, 0.25) is 5.91 Å². The Bertz CT molecular complexity index is 855. The third kappa shape index (κ3) is 5.10. The van der Waals surface area contributed by atoms with Gasteiger partial charge in [-0.2, -0.15) is 0 Å². The van der Waals surface area contributed by atoms with Crippen LogP contribution in [-0.2, 0) is 14.3 Å². The molecular weight excluding hydrogens is 346 g/mol. The third-order valence-corrected chi connectivity index (χ3v) is 3.26. The summed E-state index contributed by atoms with van der Waals surface area (Å²) in [5, 5.41) is 4.74. The number of benzene rings is 2. The zero-order valence-electron chi connectivity index (χ0n) is 14.0. The van der Waals surface area contributed by atoms with Gasteiger partial charge in [-0.1, -0.05) is 6.07 Å². The molecule has 0 heterocycles. The van der Waals surface area contributed by atoms with Crippen LogP contribution < -0.4 is 10.6 Å². The van der Waals surface area contributed by atoms with E-state index in [-0.39, 0.29) is 17.2 Å². The summed E-state index contributed by atoms with van der Waals surface area (Å²) in [5.74, 6) is -3.59. The summed E-state index contributed by atoms with van der Waals surface area (Å²) in [7, 11) is 0. The molecule has 0 aliphatic heterocycles. The average Bonchev–Trinajstić information content (AvgIpc) is 2.56. The number of hydrogen-bond donors (Lipinski definition) is 2. The molecular formula is C18H16F2N2O4. The van der Waals surface area contributed by atoms with Crippen LogP contribution in [0.2, 0.25) is 0 Å². The van der Waals surface area contributed by atoms with Crippen molar-refractivity contribution in [2.24, 2.45) is 0 Å². The van der Waals surface area contributed by atoms with Gasteiger partial charge in [-0.3, -0.25) is 9.59 Å². The molecule has 2 amide bonds. The minimum absolute atomic E-state index is 0.129. The van der Waals surface area contributed by atoms with Crippen LogP contribution in [0.1, 0.15) is 24.2 Å². The molecule has 0 fully saturated rings. The van der Waals surface area contributed by atoms with Gasteiger partial charge in [0.15, 0.2) is 6.10 Å². The maximum Gasteiger partial charge on any atom is 0.338 e. The molecule has 1 atom stereocenters. The number of nitrogens with one attached hydrogen (secondary N) is 2. The van der Waals surface area contributed by atoms with Crippen LogP contribution in [-0.4, -0.2) is 23.9 Å². The second-order valence-corrected chi connectivity index (χ2v) is 5.42. The Morgan fingerprint density at radius 2 is 1.77 bits per heavy atom. The molecule has 2 aromatic rings. The highest BCUT2D eigenvalue weighted by molar-refractivity contribution is 5.98. The van der Waals surface area contributed by atoms with Crippen LogP contribution in [0.5, 0.6) is 0 Å². The number of esters is 1. The molecule has 0 aliphatic carbocycles. The molecule has 6 nitrogen and oxygen atoms in total. The van der Waals surface area contributed by atoms with Crippen molar-refractivity contribution in [3.63, 3.8) is 0 Å². The van der Waals surface area contributed by atoms with E-state index in [1.54, 1.807) is 12.1 Å². The summed E-state index contributed by atoms with van der Waals surface area (Å²) in [6, 6.07) is 8.66. The van der Waals surface area contributed by atoms with Gasteiger partial charge < -0.3 is 15.4 Å². The van der Waals surface area contributed by atoms with Gasteiger partial charge in [0.25, 0.3) is 5.91 Å². The maximum atomic E-state index is 13.6. The van der Waals surface area contributed by atoms with E-state index in [9.17, 15) is 23.2 Å². The van der Waals surface area contributed by atoms with Crippen LogP contribution >= 0.6 is 0 Å². The largest absolute Gasteiger partial charge is 0.449 e. The number of amides is 2. The molecule has 136 valence electrons. The molecule has 0 radical (unpaired) electrons. The molecule has 0 bridgehead atoms. The van der Waals surface area contributed by atoms with E-state index in [2.05, 4.69) is 10.6 Å². The van der Waals surface area contributed by atoms with Gasteiger partial charge in [0.1, 0.15) is 11.6 Å². The fourth-order valence-corrected chi connectivity index (χ4v) is 2.03. The number of rotatable bonds is 5. The molecule has 0 aliphatic rings. The number of ether oxygens (including phenoxy) is 1. The quantitative estimate of drug-likeness (QED) is 0.801. The number of anilines is 2. The maximum absolute atomic E-state index is 13.6. The Morgan fingerprint density at radius 1 is 1.04 bits per heavy atom. The van der Waals surface area contributed by atoms with E-state index in [0.29, 0.717) is 11.8 Å². The third-order valence-electron chi connectivity index (χ3n) is 3.26. The normalized spacial score (nSPS) is 11.4. The summed E-state index contributed by atoms with van der Waals surface area (Å²) in [6.07, 6.45) is -1.23. The van der Waals surface area contributed by atoms with Crippen LogP contribution in [0.25, 0.3) is 0 Å². The topological polar surface area (TPSA) is 84.5 Å². The lowest BCUT2D eigenvalue weighted by Gasteiger charge is -2.14. The van der Waals surface area contributed by atoms with E-state index < -0.39 is 29.6 Å². The average molecular weight is 362 g/mol. The molecule has 8 heteroatoms. The highest BCUT2D eigenvalue weighted by Crippen LogP contribution is 2.16. The number of halogens is 2. The van der Waals surface area contributed by atoms with Gasteiger partial charge in [-0.15, -0.1) is 0 Å². The first-order valence-corrected chi connectivity index (χ1v) is 7.61. The Hall–Kier alpha value is -3.29. The van der Waals surface area contributed by atoms with Crippen molar-refractivity contribution in [1.82, 2.24) is 0 Å². The second-order valence-electron chi connectivity index (χ2n) is 5.42. The predicted octanol–water partition coefficient (Wildman–Crippen LogP) is 3.11. The van der Waals surface area contributed by atoms with Crippen molar-refractivity contribution in [1.29, 1.82) is 0 Å². The lowest BCUT2D eigenvalue weighted by molar-refractivity contribution is -0.123. The molecule has 2 N–H and O–H groups in total. The van der Waals surface area contributed by atoms with Crippen LogP contribution in [0.15, 0.2) is 42.5 Å². The van der Waals surface area contributed by atoms with Crippen molar-refractivity contribution < 1.29 is 27.9 Å². The number of carbonyl (C=O) groups is 3. The first-order valence-electron chi connectivity index (χ1n) is 7.61. The van der Waals surface area contributed by atoms with Crippen molar-refractivity contribution in [2.75, 3.05) is 10.6 Å². The van der Waals surface area contributed by atoms with Gasteiger partial charge >= 0.3 is 5.97 Å². The fraction of sp³-hybridized carbons (Fsp3) is 0.167. The van der Waals surface area contributed by atoms with Crippen molar-refractivity contribution in [3.05, 3.63) is 59.7 Å². The van der Waals surface area contributed by atoms with E-state index in [4.69, 9.17) is 4.74 Å². The van der Waals surface area contributed by atoms with Crippen LogP contribution in [0.3, 0.4) is 0 Å². The molecule has 0 saturated carbocycles. The van der Waals surface area contributed by atoms with Gasteiger partial charge in [-0.05, 0) is 37.3 Å². The Kier molecular flexibility index (Phi) is 6.00. The lowest BCUT2D eigenvalue weighted by Crippen LogP contribution is -2.30. The zero-order chi connectivity index (χ0) is 19.3. The van der Waals surface area contributed by atoms with Gasteiger partial charge in [-0.25, -0.2) is 13.6 Å². The van der Waals surface area contributed by atoms with Crippen molar-refractivity contribution in [3.8, 4) is 0 Å². The minimum Gasteiger partial charge on any atom is -0.449 e. The highest BCUT2D eigenvalue weighted by atomic mass is 19.1. The van der Waals surface area contributed by atoms with E-state index in [0.717, 1.165) is 12.1 Å². The van der Waals surface area contributed by atoms with E-state index in [1.165, 1.54) is 26.0 Å². The van der Waals surface area contributed by atoms with Crippen LogP contribution in [0.4, 0.5) is 20.2 Å². The molecule has 0 unspecified atom stereocenters. The first-order chi connectivity index (χ1) is 12.3. The minimum atomic E-state index is -1.23. The Balaban J connectivity index is 2.01. The zero-order valence-corrected chi connectivity index (χ0v) is 14.0. The Labute approximate surface area is 148 Å². The molecule has 0 spiro atoms. The lowest BCUT2D eigenvalue weighted by atomic mass is 10.2. The fourth-order valence-electron chi connectivity index (χ4n) is 2.03. The number of hydrogen-bond acceptors (Lipinski definition) is 4. The van der Waals surface area contributed by atoms with Crippen molar-refractivity contribution in [2.45, 2.75) is 20.0 Å². The van der Waals surface area contributed by atoms with E-state index >= 15 is 0 Å². The molecule has 2 rings (SSSR count). The summed E-state index contributed by atoms with van der Waals surface area (Å²) in [6.45, 7) is 2.64. The molecule has 0 aromatic heterocycles. The molecule has 26 heavy (non-hydrogen) atoms. The van der Waals surface area contributed by atoms with Gasteiger partial charge in [0.05, 0.1) is 11.3 Å². The Morgan fingerprint density at radius 3 is 2.42 bits per heavy atom. The SMILES string of the molecule is CC(=O)Nc1cccc(C(=O)O[C@H](C)C(=O)Nc2ccc(F)cc2F)c1. The summed E-state index contributed by atoms with van der Waals surface area (Å²) in [4.78, 5) is 35.2. The first kappa shape index (κ1) is 19.0.